The number of benzene rings is 2. The number of piperidine rings is 1. The zero-order chi connectivity index (χ0) is 32.1. The van der Waals surface area contributed by atoms with E-state index in [1.165, 1.54) is 0 Å². The molecule has 2 aliphatic rings. The predicted molar refractivity (Wildman–Crippen MR) is 176 cm³/mol. The van der Waals surface area contributed by atoms with Gasteiger partial charge < -0.3 is 9.88 Å². The molecule has 4 aromatic rings. The zero-order valence-corrected chi connectivity index (χ0v) is 27.7. The van der Waals surface area contributed by atoms with E-state index in [-0.39, 0.29) is 28.6 Å². The van der Waals surface area contributed by atoms with E-state index in [0.717, 1.165) is 54.6 Å². The Bertz CT molecular complexity index is 1790. The molecule has 2 saturated heterocycles. The third-order valence-electron chi connectivity index (χ3n) is 9.10. The van der Waals surface area contributed by atoms with Crippen LogP contribution in [0.5, 0.6) is 0 Å². The third-order valence-corrected chi connectivity index (χ3v) is 11.0. The molecule has 0 aliphatic carbocycles. The quantitative estimate of drug-likeness (QED) is 0.248. The number of hydrogen-bond donors (Lipinski definition) is 2. The van der Waals surface area contributed by atoms with Gasteiger partial charge in [-0.15, -0.1) is 0 Å². The maximum atomic E-state index is 13.5. The Labute approximate surface area is 265 Å². The minimum absolute atomic E-state index is 0.00971. The molecule has 2 aliphatic heterocycles. The largest absolute Gasteiger partial charge is 0.337 e. The molecule has 2 amide bonds. The average molecular weight is 630 g/mol. The number of nitrogens with zero attached hydrogens (tertiary/aromatic N) is 5. The van der Waals surface area contributed by atoms with E-state index in [4.69, 9.17) is 5.10 Å². The Morgan fingerprint density at radius 1 is 0.978 bits per heavy atom. The van der Waals surface area contributed by atoms with Crippen molar-refractivity contribution in [3.8, 4) is 5.69 Å². The number of aryl methyl sites for hydroxylation is 3. The molecule has 45 heavy (non-hydrogen) atoms. The smallest absolute Gasteiger partial charge is 0.324 e. The molecule has 4 heterocycles. The monoisotopic (exact) mass is 629 g/mol. The van der Waals surface area contributed by atoms with E-state index in [1.807, 2.05) is 69.4 Å². The van der Waals surface area contributed by atoms with E-state index in [9.17, 15) is 13.2 Å². The number of anilines is 2. The topological polar surface area (TPSA) is 114 Å². The standard InChI is InChI=1S/C34H43N7O3S/c1-22-10-12-27(13-11-22)40-31(20-30(38-40)34(3,4)5)37-33(42)36-26-9-7-8-24(17-26)16-25-18-28-14-15-29(19-25)41(28)45(43,44)32-21-39(6)23(2)35-32/h7-13,17,20-21,25,28-29H,14-16,18-19H2,1-6H3,(H2,36,37,42). The number of fused-ring (bicyclic) bond motifs is 2. The van der Waals surface area contributed by atoms with Crippen LogP contribution in [0.2, 0.25) is 0 Å². The molecule has 2 fully saturated rings. The van der Waals surface area contributed by atoms with E-state index < -0.39 is 10.0 Å². The number of rotatable bonds is 7. The Morgan fingerprint density at radius 2 is 1.67 bits per heavy atom. The summed E-state index contributed by atoms with van der Waals surface area (Å²) in [4.78, 5) is 17.5. The number of imidazole rings is 1. The highest BCUT2D eigenvalue weighted by Crippen LogP contribution is 2.43. The lowest BCUT2D eigenvalue weighted by molar-refractivity contribution is 0.189. The minimum atomic E-state index is -3.63. The highest BCUT2D eigenvalue weighted by Gasteiger charge is 2.47. The second-order valence-electron chi connectivity index (χ2n) is 13.7. The number of aromatic nitrogens is 4. The van der Waals surface area contributed by atoms with Crippen molar-refractivity contribution in [1.82, 2.24) is 23.6 Å². The first kappa shape index (κ1) is 31.0. The highest BCUT2D eigenvalue weighted by atomic mass is 32.2. The van der Waals surface area contributed by atoms with Gasteiger partial charge in [-0.1, -0.05) is 50.6 Å². The Hall–Kier alpha value is -3.96. The number of amides is 2. The molecule has 2 bridgehead atoms. The van der Waals surface area contributed by atoms with Crippen molar-refractivity contribution in [3.63, 3.8) is 0 Å². The summed E-state index contributed by atoms with van der Waals surface area (Å²) in [6, 6.07) is 17.5. The zero-order valence-electron chi connectivity index (χ0n) is 26.9. The fraction of sp³-hybridized carbons (Fsp3) is 0.441. The average Bonchev–Trinajstić information content (AvgIpc) is 3.63. The van der Waals surface area contributed by atoms with E-state index in [1.54, 1.807) is 19.8 Å². The molecule has 2 N–H and O–H groups in total. The molecule has 2 aromatic heterocycles. The van der Waals surface area contributed by atoms with Gasteiger partial charge in [0, 0.05) is 42.5 Å². The summed E-state index contributed by atoms with van der Waals surface area (Å²) in [5.74, 6) is 1.64. The summed E-state index contributed by atoms with van der Waals surface area (Å²) in [5.41, 5.74) is 4.54. The van der Waals surface area contributed by atoms with Crippen LogP contribution >= 0.6 is 0 Å². The van der Waals surface area contributed by atoms with Crippen LogP contribution in [0.25, 0.3) is 5.69 Å². The SMILES string of the molecule is Cc1ccc(-n2nc(C(C)(C)C)cc2NC(=O)Nc2cccc(CC3CC4CCC(C3)N4S(=O)(=O)c3cn(C)c(C)n3)c2)cc1. The van der Waals surface area contributed by atoms with E-state index in [0.29, 0.717) is 23.2 Å². The van der Waals surface area contributed by atoms with Crippen molar-refractivity contribution in [1.29, 1.82) is 0 Å². The summed E-state index contributed by atoms with van der Waals surface area (Å²) in [6.45, 7) is 10.1. The van der Waals surface area contributed by atoms with E-state index in [2.05, 4.69) is 42.5 Å². The molecule has 2 unspecified atom stereocenters. The van der Waals surface area contributed by atoms with Crippen LogP contribution < -0.4 is 10.6 Å². The molecule has 238 valence electrons. The molecule has 2 atom stereocenters. The molecule has 2 aromatic carbocycles. The molecule has 10 nitrogen and oxygen atoms in total. The Morgan fingerprint density at radius 3 is 2.29 bits per heavy atom. The first-order chi connectivity index (χ1) is 21.3. The molecular formula is C34H43N7O3S. The molecule has 0 saturated carbocycles. The lowest BCUT2D eigenvalue weighted by atomic mass is 9.87. The first-order valence-electron chi connectivity index (χ1n) is 15.7. The Kier molecular flexibility index (Phi) is 8.11. The summed E-state index contributed by atoms with van der Waals surface area (Å²) in [5, 5.41) is 11.0. The number of carbonyl (C=O) groups excluding carboxylic acids is 1. The van der Waals surface area contributed by atoms with Gasteiger partial charge in [-0.05, 0) is 81.7 Å². The van der Waals surface area contributed by atoms with Gasteiger partial charge in [0.05, 0.1) is 11.4 Å². The maximum Gasteiger partial charge on any atom is 0.324 e. The van der Waals surface area contributed by atoms with Crippen molar-refractivity contribution in [3.05, 3.63) is 83.4 Å². The predicted octanol–water partition coefficient (Wildman–Crippen LogP) is 6.34. The number of nitrogens with one attached hydrogen (secondary N) is 2. The van der Waals surface area contributed by atoms with Crippen molar-refractivity contribution >= 4 is 27.6 Å². The lowest BCUT2D eigenvalue weighted by Gasteiger charge is -2.37. The summed E-state index contributed by atoms with van der Waals surface area (Å²) >= 11 is 0. The van der Waals surface area contributed by atoms with Gasteiger partial charge in [0.15, 0.2) is 5.03 Å². The molecule has 0 radical (unpaired) electrons. The Balaban J connectivity index is 1.12. The van der Waals surface area contributed by atoms with Gasteiger partial charge in [0.2, 0.25) is 0 Å². The van der Waals surface area contributed by atoms with Crippen molar-refractivity contribution in [2.24, 2.45) is 13.0 Å². The van der Waals surface area contributed by atoms with E-state index >= 15 is 0 Å². The summed E-state index contributed by atoms with van der Waals surface area (Å²) in [7, 11) is -1.81. The molecule has 11 heteroatoms. The normalized spacial score (nSPS) is 20.4. The number of hydrogen-bond acceptors (Lipinski definition) is 5. The van der Waals surface area contributed by atoms with Gasteiger partial charge in [-0.2, -0.15) is 9.40 Å². The molecule has 0 spiro atoms. The maximum absolute atomic E-state index is 13.5. The van der Waals surface area contributed by atoms with Gasteiger partial charge in [-0.3, -0.25) is 5.32 Å². The summed E-state index contributed by atoms with van der Waals surface area (Å²) in [6.07, 6.45) is 5.84. The van der Waals surface area contributed by atoms with Crippen LogP contribution in [-0.2, 0) is 28.9 Å². The number of urea groups is 1. The van der Waals surface area contributed by atoms with Crippen LogP contribution in [0, 0.1) is 19.8 Å². The van der Waals surface area contributed by atoms with Crippen LogP contribution in [0.4, 0.5) is 16.3 Å². The van der Waals surface area contributed by atoms with Crippen molar-refractivity contribution in [2.45, 2.75) is 89.2 Å². The summed E-state index contributed by atoms with van der Waals surface area (Å²) < 4.78 is 32.3. The van der Waals surface area contributed by atoms with Gasteiger partial charge in [-0.25, -0.2) is 22.9 Å². The number of sulfonamides is 1. The lowest BCUT2D eigenvalue weighted by Crippen LogP contribution is -2.46. The third kappa shape index (κ3) is 6.41. The van der Waals surface area contributed by atoms with Gasteiger partial charge >= 0.3 is 6.03 Å². The molecular weight excluding hydrogens is 586 g/mol. The number of carbonyl (C=O) groups is 1. The second kappa shape index (κ2) is 11.8. The second-order valence-corrected chi connectivity index (χ2v) is 15.5. The highest BCUT2D eigenvalue weighted by molar-refractivity contribution is 7.89. The minimum Gasteiger partial charge on any atom is -0.337 e. The van der Waals surface area contributed by atoms with Crippen LogP contribution in [0.3, 0.4) is 0 Å². The fourth-order valence-corrected chi connectivity index (χ4v) is 8.59. The molecule has 6 rings (SSSR count). The van der Waals surface area contributed by atoms with Crippen molar-refractivity contribution < 1.29 is 13.2 Å². The van der Waals surface area contributed by atoms with Crippen molar-refractivity contribution in [2.75, 3.05) is 10.6 Å². The van der Waals surface area contributed by atoms with Gasteiger partial charge in [0.1, 0.15) is 11.6 Å². The fourth-order valence-electron chi connectivity index (χ4n) is 6.67. The van der Waals surface area contributed by atoms with Crippen LogP contribution in [0.1, 0.15) is 69.1 Å². The van der Waals surface area contributed by atoms with Crippen LogP contribution in [0.15, 0.2) is 65.8 Å². The van der Waals surface area contributed by atoms with Gasteiger partial charge in [0.25, 0.3) is 10.0 Å². The first-order valence-corrected chi connectivity index (χ1v) is 17.1. The van der Waals surface area contributed by atoms with Crippen LogP contribution in [-0.4, -0.2) is 50.2 Å².